The summed E-state index contributed by atoms with van der Waals surface area (Å²) in [5, 5.41) is 2.91. The minimum Gasteiger partial charge on any atom is -0.461 e. The molecule has 0 saturated carbocycles. The third-order valence-electron chi connectivity index (χ3n) is 3.86. The molecule has 0 radical (unpaired) electrons. The Hall–Kier alpha value is -2.40. The first-order valence-corrected chi connectivity index (χ1v) is 9.41. The number of para-hydroxylation sites is 1. The molecule has 0 aliphatic carbocycles. The van der Waals surface area contributed by atoms with Crippen LogP contribution in [0.5, 0.6) is 5.75 Å². The molecular formula is C19H19NO3S. The van der Waals surface area contributed by atoms with Gasteiger partial charge in [0.15, 0.2) is 0 Å². The Balaban J connectivity index is 1.77. The molecule has 1 aliphatic rings. The molecule has 0 unspecified atom stereocenters. The molecule has 2 aromatic rings. The first-order valence-electron chi connectivity index (χ1n) is 7.69. The smallest absolute Gasteiger partial charge is 0.255 e. The van der Waals surface area contributed by atoms with Crippen molar-refractivity contribution in [3.05, 3.63) is 71.0 Å². The van der Waals surface area contributed by atoms with E-state index in [1.807, 2.05) is 55.5 Å². The molecule has 1 amide bonds. The van der Waals surface area contributed by atoms with Crippen molar-refractivity contribution < 1.29 is 13.7 Å². The maximum atomic E-state index is 12.6. The van der Waals surface area contributed by atoms with Gasteiger partial charge in [0, 0.05) is 34.9 Å². The maximum absolute atomic E-state index is 12.6. The number of allylic oxidation sites excluding steroid dienone is 1. The monoisotopic (exact) mass is 341 g/mol. The molecule has 0 aromatic heterocycles. The van der Waals surface area contributed by atoms with E-state index < -0.39 is 10.8 Å². The second kappa shape index (κ2) is 7.01. The van der Waals surface area contributed by atoms with Crippen molar-refractivity contribution in [3.63, 3.8) is 0 Å². The van der Waals surface area contributed by atoms with Crippen LogP contribution in [0.2, 0.25) is 0 Å². The summed E-state index contributed by atoms with van der Waals surface area (Å²) in [7, 11) is -0.914. The van der Waals surface area contributed by atoms with Crippen molar-refractivity contribution in [2.24, 2.45) is 0 Å². The number of rotatable bonds is 4. The summed E-state index contributed by atoms with van der Waals surface area (Å²) in [5.74, 6) is 1.73. The van der Waals surface area contributed by atoms with Crippen molar-refractivity contribution in [1.82, 2.24) is 0 Å². The van der Waals surface area contributed by atoms with Crippen molar-refractivity contribution in [1.29, 1.82) is 0 Å². The molecular weight excluding hydrogens is 322 g/mol. The fraction of sp³-hybridized carbons (Fsp3) is 0.211. The van der Waals surface area contributed by atoms with Crippen LogP contribution in [0.1, 0.15) is 18.1 Å². The largest absolute Gasteiger partial charge is 0.461 e. The number of benzene rings is 2. The maximum Gasteiger partial charge on any atom is 0.255 e. The number of carbonyl (C=O) groups excluding carboxylic acids is 1. The number of nitrogens with one attached hydrogen (secondary N) is 1. The number of carbonyl (C=O) groups is 1. The third-order valence-corrected chi connectivity index (χ3v) is 4.60. The van der Waals surface area contributed by atoms with E-state index in [2.05, 4.69) is 5.32 Å². The average molecular weight is 341 g/mol. The van der Waals surface area contributed by atoms with Crippen molar-refractivity contribution in [2.75, 3.05) is 11.6 Å². The highest BCUT2D eigenvalue weighted by Gasteiger charge is 2.22. The summed E-state index contributed by atoms with van der Waals surface area (Å²) in [6.45, 7) is 1.81. The number of amides is 1. The summed E-state index contributed by atoms with van der Waals surface area (Å²) < 4.78 is 17.1. The van der Waals surface area contributed by atoms with Gasteiger partial charge in [0.25, 0.3) is 5.91 Å². The molecule has 0 fully saturated rings. The predicted molar refractivity (Wildman–Crippen MR) is 96.3 cm³/mol. The van der Waals surface area contributed by atoms with Crippen LogP contribution in [0.4, 0.5) is 5.69 Å². The zero-order chi connectivity index (χ0) is 17.1. The normalized spacial score (nSPS) is 14.6. The van der Waals surface area contributed by atoms with E-state index in [9.17, 15) is 9.00 Å². The summed E-state index contributed by atoms with van der Waals surface area (Å²) in [6, 6.07) is 15.2. The lowest BCUT2D eigenvalue weighted by atomic mass is 10.00. The first kappa shape index (κ1) is 16.5. The molecule has 24 heavy (non-hydrogen) atoms. The molecule has 0 bridgehead atoms. The highest BCUT2D eigenvalue weighted by molar-refractivity contribution is 7.83. The lowest BCUT2D eigenvalue weighted by Gasteiger charge is -2.21. The molecule has 0 spiro atoms. The minimum atomic E-state index is -0.914. The predicted octanol–water partition coefficient (Wildman–Crippen LogP) is 3.41. The Labute approximate surface area is 144 Å². The van der Waals surface area contributed by atoms with Gasteiger partial charge in [0.1, 0.15) is 11.5 Å². The van der Waals surface area contributed by atoms with Crippen LogP contribution < -0.4 is 10.1 Å². The number of hydrogen-bond donors (Lipinski definition) is 1. The highest BCUT2D eigenvalue weighted by Crippen LogP contribution is 2.30. The zero-order valence-corrected chi connectivity index (χ0v) is 14.5. The molecule has 1 atom stereocenters. The van der Waals surface area contributed by atoms with E-state index in [0.717, 1.165) is 16.9 Å². The number of hydrogen-bond acceptors (Lipinski definition) is 3. The molecule has 3 rings (SSSR count). The second-order valence-corrected chi connectivity index (χ2v) is 7.23. The first-order chi connectivity index (χ1) is 11.5. The van der Waals surface area contributed by atoms with Crippen molar-refractivity contribution in [3.8, 4) is 5.75 Å². The standard InChI is InChI=1S/C19H19NO3S/c1-13-17(11-15-7-3-4-9-18(15)23-13)19(21)20-16-8-5-6-14(10-16)12-24(2)22/h3-10H,11-12H2,1-2H3,(H,20,21)/t24-/m0/s1. The summed E-state index contributed by atoms with van der Waals surface area (Å²) in [4.78, 5) is 12.6. The summed E-state index contributed by atoms with van der Waals surface area (Å²) in [5.41, 5.74) is 3.26. The fourth-order valence-electron chi connectivity index (χ4n) is 2.71. The van der Waals surface area contributed by atoms with Crippen LogP contribution in [-0.4, -0.2) is 16.4 Å². The zero-order valence-electron chi connectivity index (χ0n) is 13.7. The van der Waals surface area contributed by atoms with Crippen LogP contribution in [0.15, 0.2) is 59.9 Å². The van der Waals surface area contributed by atoms with Crippen LogP contribution in [-0.2, 0) is 27.8 Å². The Bertz CT molecular complexity index is 842. The third kappa shape index (κ3) is 3.74. The van der Waals surface area contributed by atoms with Gasteiger partial charge in [-0.3, -0.25) is 9.00 Å². The molecule has 1 N–H and O–H groups in total. The SMILES string of the molecule is CC1=C(C(=O)Nc2cccc(C[S@](C)=O)c2)Cc2ccccc2O1. The molecule has 5 heteroatoms. The van der Waals surface area contributed by atoms with E-state index in [-0.39, 0.29) is 5.91 Å². The van der Waals surface area contributed by atoms with Crippen molar-refractivity contribution in [2.45, 2.75) is 19.1 Å². The molecule has 2 aromatic carbocycles. The second-order valence-electron chi connectivity index (χ2n) is 5.79. The molecule has 1 heterocycles. The van der Waals surface area contributed by atoms with E-state index in [0.29, 0.717) is 29.2 Å². The van der Waals surface area contributed by atoms with Gasteiger partial charge in [-0.2, -0.15) is 0 Å². The Kier molecular flexibility index (Phi) is 4.81. The number of anilines is 1. The van der Waals surface area contributed by atoms with Gasteiger partial charge < -0.3 is 10.1 Å². The van der Waals surface area contributed by atoms with Gasteiger partial charge in [0.2, 0.25) is 0 Å². The van der Waals surface area contributed by atoms with E-state index >= 15 is 0 Å². The quantitative estimate of drug-likeness (QED) is 0.927. The number of fused-ring (bicyclic) bond motifs is 1. The lowest BCUT2D eigenvalue weighted by molar-refractivity contribution is -0.113. The van der Waals surface area contributed by atoms with Gasteiger partial charge in [-0.1, -0.05) is 30.3 Å². The van der Waals surface area contributed by atoms with Gasteiger partial charge in [-0.25, -0.2) is 0 Å². The molecule has 0 saturated heterocycles. The lowest BCUT2D eigenvalue weighted by Crippen LogP contribution is -2.21. The molecule has 1 aliphatic heterocycles. The van der Waals surface area contributed by atoms with Gasteiger partial charge in [-0.15, -0.1) is 0 Å². The van der Waals surface area contributed by atoms with Crippen LogP contribution in [0.25, 0.3) is 0 Å². The fourth-order valence-corrected chi connectivity index (χ4v) is 3.36. The minimum absolute atomic E-state index is 0.170. The Morgan fingerprint density at radius 1 is 1.21 bits per heavy atom. The van der Waals surface area contributed by atoms with E-state index in [4.69, 9.17) is 4.74 Å². The number of ether oxygens (including phenoxy) is 1. The van der Waals surface area contributed by atoms with Crippen molar-refractivity contribution >= 4 is 22.4 Å². The molecule has 124 valence electrons. The summed E-state index contributed by atoms with van der Waals surface area (Å²) >= 11 is 0. The topological polar surface area (TPSA) is 55.4 Å². The van der Waals surface area contributed by atoms with Crippen LogP contribution in [0, 0.1) is 0 Å². The summed E-state index contributed by atoms with van der Waals surface area (Å²) in [6.07, 6.45) is 2.21. The average Bonchev–Trinajstić information content (AvgIpc) is 2.53. The van der Waals surface area contributed by atoms with E-state index in [1.165, 1.54) is 0 Å². The molecule has 4 nitrogen and oxygen atoms in total. The van der Waals surface area contributed by atoms with Crippen LogP contribution >= 0.6 is 0 Å². The van der Waals surface area contributed by atoms with Gasteiger partial charge in [0.05, 0.1) is 5.57 Å². The van der Waals surface area contributed by atoms with Gasteiger partial charge >= 0.3 is 0 Å². The Morgan fingerprint density at radius 3 is 2.79 bits per heavy atom. The highest BCUT2D eigenvalue weighted by atomic mass is 32.2. The van der Waals surface area contributed by atoms with Crippen LogP contribution in [0.3, 0.4) is 0 Å². The van der Waals surface area contributed by atoms with E-state index in [1.54, 1.807) is 6.26 Å². The Morgan fingerprint density at radius 2 is 2.00 bits per heavy atom. The van der Waals surface area contributed by atoms with Gasteiger partial charge in [-0.05, 0) is 36.2 Å².